The maximum absolute atomic E-state index is 12.7. The van der Waals surface area contributed by atoms with E-state index in [0.717, 1.165) is 55.3 Å². The molecular formula is C22H27F3N2O2S. The zero-order chi connectivity index (χ0) is 21.7. The largest absolute Gasteiger partial charge is 0.612 e. The molecule has 0 amide bonds. The summed E-state index contributed by atoms with van der Waals surface area (Å²) >= 11 is -0.990. The van der Waals surface area contributed by atoms with E-state index in [1.165, 1.54) is 6.07 Å². The number of hydrogen-bond donors (Lipinski definition) is 0. The second-order valence-electron chi connectivity index (χ2n) is 7.77. The van der Waals surface area contributed by atoms with Gasteiger partial charge in [0.15, 0.2) is 4.90 Å². The van der Waals surface area contributed by atoms with Gasteiger partial charge in [-0.3, -0.25) is 0 Å². The lowest BCUT2D eigenvalue weighted by molar-refractivity contribution is -0.137. The van der Waals surface area contributed by atoms with Crippen molar-refractivity contribution in [3.63, 3.8) is 0 Å². The van der Waals surface area contributed by atoms with Crippen molar-refractivity contribution in [3.8, 4) is 5.75 Å². The maximum Gasteiger partial charge on any atom is 0.417 e. The minimum absolute atomic E-state index is 0.495. The Morgan fingerprint density at radius 2 is 1.83 bits per heavy atom. The summed E-state index contributed by atoms with van der Waals surface area (Å²) in [6.45, 7) is 4.44. The molecule has 0 radical (unpaired) electrons. The Balaban J connectivity index is 1.42. The Morgan fingerprint density at radius 1 is 1.17 bits per heavy atom. The lowest BCUT2D eigenvalue weighted by Crippen LogP contribution is -2.36. The van der Waals surface area contributed by atoms with Gasteiger partial charge in [0.25, 0.3) is 0 Å². The van der Waals surface area contributed by atoms with Gasteiger partial charge in [-0.15, -0.1) is 0 Å². The molecule has 1 aromatic heterocycles. The van der Waals surface area contributed by atoms with Gasteiger partial charge in [0, 0.05) is 19.3 Å². The van der Waals surface area contributed by atoms with Crippen LogP contribution in [0.4, 0.5) is 19.0 Å². The summed E-state index contributed by atoms with van der Waals surface area (Å²) in [5.74, 6) is 2.44. The second-order valence-corrected chi connectivity index (χ2v) is 9.15. The van der Waals surface area contributed by atoms with Gasteiger partial charge in [0.2, 0.25) is 0 Å². The SMILES string of the molecule is C[C@H](CCOc1ccc([S+](C)[O-])cc1)C1CCN(c2ccc(C(F)(F)F)cn2)CC1. The van der Waals surface area contributed by atoms with Crippen LogP contribution in [0.2, 0.25) is 0 Å². The van der Waals surface area contributed by atoms with Crippen molar-refractivity contribution in [3.05, 3.63) is 48.2 Å². The van der Waals surface area contributed by atoms with Crippen molar-refractivity contribution in [2.45, 2.75) is 37.3 Å². The van der Waals surface area contributed by atoms with Crippen LogP contribution in [-0.2, 0) is 17.4 Å². The molecule has 4 nitrogen and oxygen atoms in total. The van der Waals surface area contributed by atoms with Crippen molar-refractivity contribution < 1.29 is 22.5 Å². The molecule has 0 aliphatic carbocycles. The maximum atomic E-state index is 12.7. The number of ether oxygens (including phenoxy) is 1. The van der Waals surface area contributed by atoms with E-state index in [4.69, 9.17) is 4.74 Å². The monoisotopic (exact) mass is 440 g/mol. The Morgan fingerprint density at radius 3 is 2.37 bits per heavy atom. The summed E-state index contributed by atoms with van der Waals surface area (Å²) in [5.41, 5.74) is -0.715. The van der Waals surface area contributed by atoms with Crippen molar-refractivity contribution in [1.29, 1.82) is 0 Å². The Hall–Kier alpha value is -1.93. The molecule has 0 bridgehead atoms. The fourth-order valence-corrected chi connectivity index (χ4v) is 4.28. The number of alkyl halides is 3. The highest BCUT2D eigenvalue weighted by molar-refractivity contribution is 7.90. The highest BCUT2D eigenvalue weighted by atomic mass is 32.2. The topological polar surface area (TPSA) is 48.4 Å². The predicted octanol–water partition coefficient (Wildman–Crippen LogP) is 5.16. The Labute approximate surface area is 178 Å². The molecule has 0 spiro atoms. The van der Waals surface area contributed by atoms with Crippen LogP contribution >= 0.6 is 0 Å². The summed E-state index contributed by atoms with van der Waals surface area (Å²) in [7, 11) is 0. The van der Waals surface area contributed by atoms with Crippen LogP contribution in [0.15, 0.2) is 47.5 Å². The van der Waals surface area contributed by atoms with Crippen LogP contribution in [0.3, 0.4) is 0 Å². The lowest BCUT2D eigenvalue weighted by Gasteiger charge is -2.35. The molecule has 1 fully saturated rings. The summed E-state index contributed by atoms with van der Waals surface area (Å²) < 4.78 is 55.3. The molecule has 0 N–H and O–H groups in total. The van der Waals surface area contributed by atoms with Crippen LogP contribution in [0.1, 0.15) is 31.7 Å². The molecule has 3 rings (SSSR count). The number of pyridine rings is 1. The minimum atomic E-state index is -4.35. The first-order valence-electron chi connectivity index (χ1n) is 10.1. The first kappa shape index (κ1) is 22.7. The van der Waals surface area contributed by atoms with E-state index in [1.54, 1.807) is 6.26 Å². The van der Waals surface area contributed by atoms with Gasteiger partial charge in [-0.1, -0.05) is 6.92 Å². The second kappa shape index (κ2) is 9.92. The van der Waals surface area contributed by atoms with E-state index in [9.17, 15) is 17.7 Å². The number of nitrogens with zero attached hydrogens (tertiary/aromatic N) is 2. The number of hydrogen-bond acceptors (Lipinski definition) is 4. The number of aromatic nitrogens is 1. The summed E-state index contributed by atoms with van der Waals surface area (Å²) in [4.78, 5) is 6.84. The normalized spacial score (nSPS) is 17.6. The molecule has 1 aromatic carbocycles. The summed E-state index contributed by atoms with van der Waals surface area (Å²) in [6.07, 6.45) is 1.11. The minimum Gasteiger partial charge on any atom is -0.612 e. The van der Waals surface area contributed by atoms with E-state index in [1.807, 2.05) is 24.3 Å². The zero-order valence-corrected chi connectivity index (χ0v) is 18.0. The number of anilines is 1. The van der Waals surface area contributed by atoms with Crippen molar-refractivity contribution in [2.24, 2.45) is 11.8 Å². The first-order valence-corrected chi connectivity index (χ1v) is 11.6. The van der Waals surface area contributed by atoms with Crippen molar-refractivity contribution in [1.82, 2.24) is 4.98 Å². The molecule has 1 aliphatic rings. The van der Waals surface area contributed by atoms with Crippen LogP contribution in [-0.4, -0.2) is 35.5 Å². The molecule has 2 atom stereocenters. The predicted molar refractivity (Wildman–Crippen MR) is 112 cm³/mol. The van der Waals surface area contributed by atoms with Gasteiger partial charge in [-0.2, -0.15) is 13.2 Å². The molecule has 8 heteroatoms. The van der Waals surface area contributed by atoms with Gasteiger partial charge >= 0.3 is 6.18 Å². The molecule has 1 unspecified atom stereocenters. The van der Waals surface area contributed by atoms with Gasteiger partial charge in [-0.25, -0.2) is 4.98 Å². The van der Waals surface area contributed by atoms with Crippen LogP contribution in [0.25, 0.3) is 0 Å². The van der Waals surface area contributed by atoms with E-state index >= 15 is 0 Å². The zero-order valence-electron chi connectivity index (χ0n) is 17.2. The average molecular weight is 441 g/mol. The Kier molecular flexibility index (Phi) is 7.52. The molecule has 0 saturated carbocycles. The quantitative estimate of drug-likeness (QED) is 0.558. The molecule has 1 aliphatic heterocycles. The lowest BCUT2D eigenvalue weighted by atomic mass is 9.84. The average Bonchev–Trinajstić information content (AvgIpc) is 2.73. The number of halogens is 3. The van der Waals surface area contributed by atoms with E-state index in [0.29, 0.717) is 24.3 Å². The number of benzene rings is 1. The number of piperidine rings is 1. The fraction of sp³-hybridized carbons (Fsp3) is 0.500. The molecule has 1 saturated heterocycles. The third-order valence-electron chi connectivity index (χ3n) is 5.74. The van der Waals surface area contributed by atoms with E-state index in [2.05, 4.69) is 16.8 Å². The Bertz CT molecular complexity index is 790. The molecule has 30 heavy (non-hydrogen) atoms. The molecule has 2 aromatic rings. The third kappa shape index (κ3) is 6.04. The van der Waals surface area contributed by atoms with Gasteiger partial charge in [-0.05, 0) is 78.7 Å². The standard InChI is InChI=1S/C22H27F3N2O2S/c1-16(11-14-29-19-4-6-20(7-5-19)30(2)28)17-9-12-27(13-10-17)21-8-3-18(15-26-21)22(23,24)25/h3-8,15-17H,9-14H2,1-2H3/t16-,30?/m1/s1. The highest BCUT2D eigenvalue weighted by Gasteiger charge is 2.31. The summed E-state index contributed by atoms with van der Waals surface area (Å²) in [5, 5.41) is 0. The van der Waals surface area contributed by atoms with Gasteiger partial charge in [0.05, 0.1) is 12.2 Å². The van der Waals surface area contributed by atoms with Crippen LogP contribution in [0.5, 0.6) is 5.75 Å². The van der Waals surface area contributed by atoms with Gasteiger partial charge < -0.3 is 14.2 Å². The van der Waals surface area contributed by atoms with Crippen molar-refractivity contribution in [2.75, 3.05) is 30.9 Å². The summed E-state index contributed by atoms with van der Waals surface area (Å²) in [6, 6.07) is 9.88. The smallest absolute Gasteiger partial charge is 0.417 e. The third-order valence-corrected chi connectivity index (χ3v) is 6.68. The van der Waals surface area contributed by atoms with E-state index in [-0.39, 0.29) is 0 Å². The fourth-order valence-electron chi connectivity index (χ4n) is 3.76. The van der Waals surface area contributed by atoms with E-state index < -0.39 is 22.9 Å². The number of rotatable bonds is 7. The highest BCUT2D eigenvalue weighted by Crippen LogP contribution is 2.32. The first-order chi connectivity index (χ1) is 14.2. The molecular weight excluding hydrogens is 413 g/mol. The molecule has 164 valence electrons. The van der Waals surface area contributed by atoms with Gasteiger partial charge in [0.1, 0.15) is 17.8 Å². The molecule has 2 heterocycles. The van der Waals surface area contributed by atoms with Crippen molar-refractivity contribution >= 4 is 17.0 Å². The van der Waals surface area contributed by atoms with Crippen LogP contribution < -0.4 is 9.64 Å². The van der Waals surface area contributed by atoms with Crippen LogP contribution in [0, 0.1) is 11.8 Å².